The standard InChI is InChI=1S/C16H20ClN3S.ClH/c1-13-16(21-12-18-13)6-7-19-8-10-20(11-9-19)15-4-2-14(17)3-5-15;/h2-5,12H,6-11H2,1H3;1H. The van der Waals surface area contributed by atoms with E-state index < -0.39 is 0 Å². The van der Waals surface area contributed by atoms with Crippen molar-refractivity contribution in [2.24, 2.45) is 0 Å². The number of piperazine rings is 1. The van der Waals surface area contributed by atoms with Crippen molar-refractivity contribution in [3.8, 4) is 0 Å². The van der Waals surface area contributed by atoms with Crippen LogP contribution in [0.4, 0.5) is 5.69 Å². The number of anilines is 1. The molecular formula is C16H21Cl2N3S. The summed E-state index contributed by atoms with van der Waals surface area (Å²) in [5.41, 5.74) is 4.42. The van der Waals surface area contributed by atoms with Gasteiger partial charge in [0.25, 0.3) is 0 Å². The summed E-state index contributed by atoms with van der Waals surface area (Å²) < 4.78 is 0. The Morgan fingerprint density at radius 1 is 1.14 bits per heavy atom. The van der Waals surface area contributed by atoms with Gasteiger partial charge >= 0.3 is 0 Å². The molecule has 1 saturated heterocycles. The van der Waals surface area contributed by atoms with E-state index in [1.54, 1.807) is 11.3 Å². The van der Waals surface area contributed by atoms with E-state index >= 15 is 0 Å². The molecule has 0 aliphatic carbocycles. The first kappa shape index (κ1) is 17.5. The molecule has 0 atom stereocenters. The molecule has 1 fully saturated rings. The third-order valence-electron chi connectivity index (χ3n) is 4.06. The van der Waals surface area contributed by atoms with Crippen LogP contribution in [0.15, 0.2) is 29.8 Å². The minimum Gasteiger partial charge on any atom is -0.369 e. The summed E-state index contributed by atoms with van der Waals surface area (Å²) in [6.07, 6.45) is 1.12. The molecule has 0 unspecified atom stereocenters. The first-order chi connectivity index (χ1) is 10.2. The third kappa shape index (κ3) is 4.35. The highest BCUT2D eigenvalue weighted by molar-refractivity contribution is 7.09. The maximum absolute atomic E-state index is 5.95. The summed E-state index contributed by atoms with van der Waals surface area (Å²) >= 11 is 7.72. The van der Waals surface area contributed by atoms with E-state index in [-0.39, 0.29) is 12.4 Å². The van der Waals surface area contributed by atoms with Gasteiger partial charge < -0.3 is 4.90 Å². The highest BCUT2D eigenvalue weighted by Gasteiger charge is 2.17. The summed E-state index contributed by atoms with van der Waals surface area (Å²) in [5, 5.41) is 0.803. The van der Waals surface area contributed by atoms with Gasteiger partial charge in [-0.05, 0) is 37.6 Å². The minimum atomic E-state index is 0. The van der Waals surface area contributed by atoms with E-state index in [1.165, 1.54) is 16.3 Å². The summed E-state index contributed by atoms with van der Waals surface area (Å²) in [6.45, 7) is 7.66. The Balaban J connectivity index is 0.00000176. The molecule has 22 heavy (non-hydrogen) atoms. The first-order valence-corrected chi connectivity index (χ1v) is 8.60. The van der Waals surface area contributed by atoms with Crippen molar-refractivity contribution in [1.82, 2.24) is 9.88 Å². The van der Waals surface area contributed by atoms with Crippen molar-refractivity contribution < 1.29 is 0 Å². The van der Waals surface area contributed by atoms with E-state index in [1.807, 2.05) is 17.6 Å². The van der Waals surface area contributed by atoms with Crippen LogP contribution in [0.3, 0.4) is 0 Å². The van der Waals surface area contributed by atoms with Crippen molar-refractivity contribution in [3.63, 3.8) is 0 Å². The smallest absolute Gasteiger partial charge is 0.0797 e. The average Bonchev–Trinajstić information content (AvgIpc) is 2.92. The number of aryl methyl sites for hydroxylation is 1. The quantitative estimate of drug-likeness (QED) is 0.827. The Bertz CT molecular complexity index is 577. The number of hydrogen-bond donors (Lipinski definition) is 0. The lowest BCUT2D eigenvalue weighted by Gasteiger charge is -2.36. The second-order valence-electron chi connectivity index (χ2n) is 5.42. The predicted octanol–water partition coefficient (Wildman–Crippen LogP) is 3.89. The van der Waals surface area contributed by atoms with E-state index in [0.717, 1.165) is 44.2 Å². The van der Waals surface area contributed by atoms with Crippen LogP contribution >= 0.6 is 35.3 Å². The highest BCUT2D eigenvalue weighted by Crippen LogP contribution is 2.20. The second-order valence-corrected chi connectivity index (χ2v) is 6.79. The molecule has 0 amide bonds. The summed E-state index contributed by atoms with van der Waals surface area (Å²) in [5.74, 6) is 0. The van der Waals surface area contributed by atoms with Gasteiger partial charge in [0.1, 0.15) is 0 Å². The van der Waals surface area contributed by atoms with Gasteiger partial charge in [0.05, 0.1) is 11.2 Å². The van der Waals surface area contributed by atoms with Crippen molar-refractivity contribution in [1.29, 1.82) is 0 Å². The Morgan fingerprint density at radius 2 is 1.82 bits per heavy atom. The van der Waals surface area contributed by atoms with E-state index in [2.05, 4.69) is 33.8 Å². The highest BCUT2D eigenvalue weighted by atomic mass is 35.5. The molecule has 120 valence electrons. The van der Waals surface area contributed by atoms with Gasteiger partial charge in [0, 0.05) is 48.3 Å². The molecule has 0 radical (unpaired) electrons. The molecular weight excluding hydrogens is 337 g/mol. The minimum absolute atomic E-state index is 0. The van der Waals surface area contributed by atoms with Crippen LogP contribution in [0.2, 0.25) is 5.02 Å². The maximum atomic E-state index is 5.95. The van der Waals surface area contributed by atoms with Gasteiger partial charge in [-0.1, -0.05) is 11.6 Å². The van der Waals surface area contributed by atoms with E-state index in [4.69, 9.17) is 11.6 Å². The fourth-order valence-corrected chi connectivity index (χ4v) is 3.60. The van der Waals surface area contributed by atoms with Crippen LogP contribution in [0.5, 0.6) is 0 Å². The molecule has 1 aliphatic heterocycles. The Kier molecular flexibility index (Phi) is 6.50. The zero-order valence-electron chi connectivity index (χ0n) is 12.7. The van der Waals surface area contributed by atoms with E-state index in [0.29, 0.717) is 0 Å². The van der Waals surface area contributed by atoms with Crippen LogP contribution in [0.1, 0.15) is 10.6 Å². The van der Waals surface area contributed by atoms with Gasteiger partial charge in [-0.3, -0.25) is 4.90 Å². The molecule has 0 spiro atoms. The van der Waals surface area contributed by atoms with Crippen LogP contribution < -0.4 is 4.90 Å². The summed E-state index contributed by atoms with van der Waals surface area (Å²) in [4.78, 5) is 10.7. The predicted molar refractivity (Wildman–Crippen MR) is 97.9 cm³/mol. The number of aromatic nitrogens is 1. The number of hydrogen-bond acceptors (Lipinski definition) is 4. The maximum Gasteiger partial charge on any atom is 0.0797 e. The Hall–Kier alpha value is -0.810. The zero-order chi connectivity index (χ0) is 14.7. The van der Waals surface area contributed by atoms with Crippen LogP contribution in [-0.2, 0) is 6.42 Å². The summed E-state index contributed by atoms with van der Waals surface area (Å²) in [7, 11) is 0. The van der Waals surface area contributed by atoms with Gasteiger partial charge in [-0.15, -0.1) is 23.7 Å². The first-order valence-electron chi connectivity index (χ1n) is 7.34. The Morgan fingerprint density at radius 3 is 2.41 bits per heavy atom. The van der Waals surface area contributed by atoms with Gasteiger partial charge in [-0.2, -0.15) is 0 Å². The number of nitrogens with zero attached hydrogens (tertiary/aromatic N) is 3. The van der Waals surface area contributed by atoms with Crippen molar-refractivity contribution in [2.45, 2.75) is 13.3 Å². The fourth-order valence-electron chi connectivity index (χ4n) is 2.71. The fraction of sp³-hybridized carbons (Fsp3) is 0.438. The molecule has 3 rings (SSSR count). The monoisotopic (exact) mass is 357 g/mol. The van der Waals surface area contributed by atoms with Crippen LogP contribution in [-0.4, -0.2) is 42.6 Å². The zero-order valence-corrected chi connectivity index (χ0v) is 15.1. The molecule has 0 bridgehead atoms. The molecule has 1 aromatic heterocycles. The number of rotatable bonds is 4. The largest absolute Gasteiger partial charge is 0.369 e. The van der Waals surface area contributed by atoms with Gasteiger partial charge in [-0.25, -0.2) is 4.98 Å². The van der Waals surface area contributed by atoms with Crippen LogP contribution in [0.25, 0.3) is 0 Å². The molecule has 2 aromatic rings. The molecule has 0 saturated carbocycles. The molecule has 6 heteroatoms. The van der Waals surface area contributed by atoms with Crippen molar-refractivity contribution >= 4 is 41.0 Å². The number of benzene rings is 1. The van der Waals surface area contributed by atoms with E-state index in [9.17, 15) is 0 Å². The second kappa shape index (κ2) is 8.16. The molecule has 1 aliphatic rings. The lowest BCUT2D eigenvalue weighted by Crippen LogP contribution is -2.46. The third-order valence-corrected chi connectivity index (χ3v) is 5.31. The number of halogens is 2. The van der Waals surface area contributed by atoms with Crippen LogP contribution in [0, 0.1) is 6.92 Å². The van der Waals surface area contributed by atoms with Crippen molar-refractivity contribution in [3.05, 3.63) is 45.4 Å². The van der Waals surface area contributed by atoms with Gasteiger partial charge in [0.15, 0.2) is 0 Å². The molecule has 3 nitrogen and oxygen atoms in total. The van der Waals surface area contributed by atoms with Crippen molar-refractivity contribution in [2.75, 3.05) is 37.6 Å². The molecule has 0 N–H and O–H groups in total. The lowest BCUT2D eigenvalue weighted by atomic mass is 10.2. The normalized spacial score (nSPS) is 15.6. The topological polar surface area (TPSA) is 19.4 Å². The number of thiazole rings is 1. The lowest BCUT2D eigenvalue weighted by molar-refractivity contribution is 0.261. The SMILES string of the molecule is Cc1ncsc1CCN1CCN(c2ccc(Cl)cc2)CC1.Cl. The molecule has 1 aromatic carbocycles. The molecule has 2 heterocycles. The average molecular weight is 358 g/mol. The summed E-state index contributed by atoms with van der Waals surface area (Å²) in [6, 6.07) is 8.16. The van der Waals surface area contributed by atoms with Gasteiger partial charge in [0.2, 0.25) is 0 Å². The Labute approximate surface area is 147 Å².